The van der Waals surface area contributed by atoms with Crippen molar-refractivity contribution < 1.29 is 0 Å². The van der Waals surface area contributed by atoms with Gasteiger partial charge in [0.25, 0.3) is 0 Å². The van der Waals surface area contributed by atoms with Crippen LogP contribution in [-0.4, -0.2) is 61.6 Å². The van der Waals surface area contributed by atoms with E-state index < -0.39 is 0 Å². The lowest BCUT2D eigenvalue weighted by Crippen LogP contribution is -2.44. The molecule has 0 aromatic rings. The van der Waals surface area contributed by atoms with Gasteiger partial charge in [-0.25, -0.2) is 0 Å². The molecule has 0 aromatic heterocycles. The SMILES string of the molecule is C=C(Br)CNC(=NC)N1CCC(N2CCCCC2)C1.I. The van der Waals surface area contributed by atoms with Gasteiger partial charge >= 0.3 is 0 Å². The van der Waals surface area contributed by atoms with E-state index in [1.165, 1.54) is 38.8 Å². The standard InChI is InChI=1S/C14H25BrN4.HI/c1-12(15)10-17-14(16-2)19-9-6-13(11-19)18-7-4-3-5-8-18;/h13H,1,3-11H2,2H3,(H,16,17);1H. The third-order valence-corrected chi connectivity index (χ3v) is 4.30. The topological polar surface area (TPSA) is 30.9 Å². The maximum absolute atomic E-state index is 4.37. The van der Waals surface area contributed by atoms with Crippen LogP contribution in [0.3, 0.4) is 0 Å². The van der Waals surface area contributed by atoms with Crippen LogP contribution < -0.4 is 5.32 Å². The van der Waals surface area contributed by atoms with Crippen molar-refractivity contribution >= 4 is 45.9 Å². The molecule has 0 radical (unpaired) electrons. The van der Waals surface area contributed by atoms with Gasteiger partial charge in [0.15, 0.2) is 5.96 Å². The van der Waals surface area contributed by atoms with Crippen LogP contribution in [0.4, 0.5) is 0 Å². The zero-order valence-electron chi connectivity index (χ0n) is 12.3. The van der Waals surface area contributed by atoms with E-state index in [1.54, 1.807) is 0 Å². The molecule has 1 N–H and O–H groups in total. The van der Waals surface area contributed by atoms with Crippen molar-refractivity contribution in [3.05, 3.63) is 11.1 Å². The zero-order chi connectivity index (χ0) is 13.7. The first-order chi connectivity index (χ1) is 9.20. The Kier molecular flexibility index (Phi) is 8.43. The van der Waals surface area contributed by atoms with E-state index in [0.717, 1.165) is 30.1 Å². The third kappa shape index (κ3) is 5.18. The molecule has 2 saturated heterocycles. The van der Waals surface area contributed by atoms with Crippen molar-refractivity contribution in [1.82, 2.24) is 15.1 Å². The van der Waals surface area contributed by atoms with E-state index in [2.05, 4.69) is 42.6 Å². The molecule has 4 nitrogen and oxygen atoms in total. The van der Waals surface area contributed by atoms with Crippen LogP contribution in [-0.2, 0) is 0 Å². The number of nitrogens with zero attached hydrogens (tertiary/aromatic N) is 3. The Balaban J connectivity index is 0.00000200. The Hall–Kier alpha value is 0.180. The maximum atomic E-state index is 4.37. The predicted molar refractivity (Wildman–Crippen MR) is 100 cm³/mol. The molecule has 2 heterocycles. The van der Waals surface area contributed by atoms with Crippen LogP contribution in [0.25, 0.3) is 0 Å². The molecule has 0 amide bonds. The highest BCUT2D eigenvalue weighted by atomic mass is 127. The fraction of sp³-hybridized carbons (Fsp3) is 0.786. The highest BCUT2D eigenvalue weighted by molar-refractivity contribution is 14.0. The summed E-state index contributed by atoms with van der Waals surface area (Å²) in [5, 5.41) is 3.35. The summed E-state index contributed by atoms with van der Waals surface area (Å²) in [5.41, 5.74) is 0. The smallest absolute Gasteiger partial charge is 0.193 e. The Morgan fingerprint density at radius 2 is 2.00 bits per heavy atom. The second-order valence-corrected chi connectivity index (χ2v) is 6.52. The van der Waals surface area contributed by atoms with Gasteiger partial charge in [-0.05, 0) is 32.4 Å². The van der Waals surface area contributed by atoms with E-state index in [4.69, 9.17) is 0 Å². The van der Waals surface area contributed by atoms with Crippen molar-refractivity contribution in [3.8, 4) is 0 Å². The molecule has 2 fully saturated rings. The highest BCUT2D eigenvalue weighted by Crippen LogP contribution is 2.20. The third-order valence-electron chi connectivity index (χ3n) is 4.02. The number of rotatable bonds is 3. The van der Waals surface area contributed by atoms with Crippen LogP contribution in [0, 0.1) is 0 Å². The molecule has 2 aliphatic heterocycles. The Morgan fingerprint density at radius 3 is 2.60 bits per heavy atom. The molecule has 0 spiro atoms. The summed E-state index contributed by atoms with van der Waals surface area (Å²) < 4.78 is 0.959. The molecule has 2 aliphatic rings. The van der Waals surface area contributed by atoms with Gasteiger partial charge in [0.1, 0.15) is 0 Å². The normalized spacial score (nSPS) is 24.4. The van der Waals surface area contributed by atoms with E-state index in [-0.39, 0.29) is 24.0 Å². The quantitative estimate of drug-likeness (QED) is 0.402. The number of piperidine rings is 1. The molecule has 0 saturated carbocycles. The number of guanidine groups is 1. The van der Waals surface area contributed by atoms with E-state index >= 15 is 0 Å². The summed E-state index contributed by atoms with van der Waals surface area (Å²) in [4.78, 5) is 9.41. The van der Waals surface area contributed by atoms with Crippen molar-refractivity contribution in [3.63, 3.8) is 0 Å². The summed E-state index contributed by atoms with van der Waals surface area (Å²) in [6.07, 6.45) is 5.40. The van der Waals surface area contributed by atoms with Gasteiger partial charge in [0.2, 0.25) is 0 Å². The number of aliphatic imine (C=N–C) groups is 1. The summed E-state index contributed by atoms with van der Waals surface area (Å²) in [7, 11) is 1.85. The average Bonchev–Trinajstić information content (AvgIpc) is 2.90. The van der Waals surface area contributed by atoms with E-state index in [9.17, 15) is 0 Å². The first kappa shape index (κ1) is 18.2. The molecule has 6 heteroatoms. The van der Waals surface area contributed by atoms with Gasteiger partial charge in [0.05, 0.1) is 0 Å². The molecule has 2 rings (SSSR count). The van der Waals surface area contributed by atoms with Gasteiger partial charge in [-0.1, -0.05) is 28.9 Å². The summed E-state index contributed by atoms with van der Waals surface area (Å²) >= 11 is 3.38. The van der Waals surface area contributed by atoms with Crippen molar-refractivity contribution in [2.45, 2.75) is 31.7 Å². The minimum Gasteiger partial charge on any atom is -0.352 e. The first-order valence-electron chi connectivity index (χ1n) is 7.23. The van der Waals surface area contributed by atoms with Crippen molar-refractivity contribution in [2.24, 2.45) is 4.99 Å². The van der Waals surface area contributed by atoms with E-state index in [1.807, 2.05) is 7.05 Å². The highest BCUT2D eigenvalue weighted by Gasteiger charge is 2.29. The summed E-state index contributed by atoms with van der Waals surface area (Å²) in [5.74, 6) is 1.00. The van der Waals surface area contributed by atoms with Gasteiger partial charge in [-0.3, -0.25) is 9.89 Å². The van der Waals surface area contributed by atoms with Gasteiger partial charge in [0, 0.05) is 37.2 Å². The van der Waals surface area contributed by atoms with Crippen LogP contribution >= 0.6 is 39.9 Å². The fourth-order valence-electron chi connectivity index (χ4n) is 3.02. The molecule has 0 aliphatic carbocycles. The Labute approximate surface area is 148 Å². The van der Waals surface area contributed by atoms with Gasteiger partial charge in [-0.15, -0.1) is 24.0 Å². The lowest BCUT2D eigenvalue weighted by molar-refractivity contribution is 0.168. The Bertz CT molecular complexity index is 342. The molecule has 0 bridgehead atoms. The predicted octanol–water partition coefficient (Wildman–Crippen LogP) is 2.65. The minimum absolute atomic E-state index is 0. The van der Waals surface area contributed by atoms with Gasteiger partial charge in [-0.2, -0.15) is 0 Å². The van der Waals surface area contributed by atoms with Crippen LogP contribution in [0.1, 0.15) is 25.7 Å². The summed E-state index contributed by atoms with van der Waals surface area (Å²) in [6, 6.07) is 0.714. The first-order valence-corrected chi connectivity index (χ1v) is 8.03. The van der Waals surface area contributed by atoms with Gasteiger partial charge < -0.3 is 10.2 Å². The second-order valence-electron chi connectivity index (χ2n) is 5.40. The number of nitrogens with one attached hydrogen (secondary N) is 1. The largest absolute Gasteiger partial charge is 0.352 e. The number of halogens is 2. The summed E-state index contributed by atoms with van der Waals surface area (Å²) in [6.45, 7) is 9.36. The number of likely N-dealkylation sites (tertiary alicyclic amines) is 2. The lowest BCUT2D eigenvalue weighted by atomic mass is 10.1. The zero-order valence-corrected chi connectivity index (χ0v) is 16.2. The van der Waals surface area contributed by atoms with E-state index in [0.29, 0.717) is 6.04 Å². The monoisotopic (exact) mass is 456 g/mol. The van der Waals surface area contributed by atoms with Crippen molar-refractivity contribution in [1.29, 1.82) is 0 Å². The van der Waals surface area contributed by atoms with Crippen LogP contribution in [0.15, 0.2) is 16.1 Å². The average molecular weight is 457 g/mol. The molecular formula is C14H26BrIN4. The van der Waals surface area contributed by atoms with Crippen molar-refractivity contribution in [2.75, 3.05) is 39.8 Å². The molecular weight excluding hydrogens is 431 g/mol. The molecule has 1 atom stereocenters. The number of hydrogen-bond donors (Lipinski definition) is 1. The minimum atomic E-state index is 0. The maximum Gasteiger partial charge on any atom is 0.193 e. The molecule has 0 aromatic carbocycles. The molecule has 116 valence electrons. The fourth-order valence-corrected chi connectivity index (χ4v) is 3.16. The molecule has 1 unspecified atom stereocenters. The lowest BCUT2D eigenvalue weighted by Gasteiger charge is -2.32. The number of hydrogen-bond acceptors (Lipinski definition) is 2. The van der Waals surface area contributed by atoms with Crippen LogP contribution in [0.5, 0.6) is 0 Å². The second kappa shape index (κ2) is 9.25. The van der Waals surface area contributed by atoms with Crippen LogP contribution in [0.2, 0.25) is 0 Å². The molecule has 20 heavy (non-hydrogen) atoms. The Morgan fingerprint density at radius 1 is 1.30 bits per heavy atom.